The van der Waals surface area contributed by atoms with Crippen LogP contribution in [0.2, 0.25) is 0 Å². The van der Waals surface area contributed by atoms with Gasteiger partial charge in [0.05, 0.1) is 5.71 Å². The van der Waals surface area contributed by atoms with Crippen LogP contribution in [0.1, 0.15) is 42.1 Å². The van der Waals surface area contributed by atoms with E-state index in [1.165, 1.54) is 19.3 Å². The van der Waals surface area contributed by atoms with Gasteiger partial charge in [0.1, 0.15) is 22.9 Å². The molecule has 2 aliphatic rings. The molecular formula is C19H17N5. The zero-order chi connectivity index (χ0) is 16.3. The van der Waals surface area contributed by atoms with Crippen molar-refractivity contribution in [2.75, 3.05) is 5.73 Å². The number of rotatable bonds is 2. The van der Waals surface area contributed by atoms with E-state index in [1.54, 1.807) is 6.20 Å². The van der Waals surface area contributed by atoms with Gasteiger partial charge in [-0.05, 0) is 30.5 Å². The first kappa shape index (κ1) is 13.5. The number of imidazole rings is 1. The number of nitrogens with zero attached hydrogens (tertiary/aromatic N) is 3. The molecule has 2 aliphatic carbocycles. The topological polar surface area (TPSA) is 80.1 Å². The lowest BCUT2D eigenvalue weighted by Crippen LogP contribution is -2.12. The third-order valence-corrected chi connectivity index (χ3v) is 5.13. The molecule has 1 saturated carbocycles. The van der Waals surface area contributed by atoms with E-state index in [4.69, 9.17) is 16.1 Å². The number of hydrogen-bond donors (Lipinski definition) is 2. The van der Waals surface area contributed by atoms with Crippen LogP contribution in [-0.2, 0) is 0 Å². The van der Waals surface area contributed by atoms with Gasteiger partial charge in [-0.15, -0.1) is 0 Å². The Morgan fingerprint density at radius 1 is 1.21 bits per heavy atom. The molecule has 0 amide bonds. The molecule has 5 nitrogen and oxygen atoms in total. The van der Waals surface area contributed by atoms with E-state index in [-0.39, 0.29) is 0 Å². The van der Waals surface area contributed by atoms with Crippen LogP contribution in [0.25, 0.3) is 22.9 Å². The number of nitrogens with two attached hydrogens (primary N) is 1. The summed E-state index contributed by atoms with van der Waals surface area (Å²) >= 11 is 0. The molecule has 1 aromatic carbocycles. The Kier molecular flexibility index (Phi) is 2.68. The van der Waals surface area contributed by atoms with Crippen LogP contribution >= 0.6 is 0 Å². The van der Waals surface area contributed by atoms with Crippen molar-refractivity contribution in [2.24, 2.45) is 0 Å². The van der Waals surface area contributed by atoms with Crippen LogP contribution in [0, 0.1) is 5.41 Å². The highest BCUT2D eigenvalue weighted by Crippen LogP contribution is 2.39. The predicted octanol–water partition coefficient (Wildman–Crippen LogP) is 3.64. The Hall–Kier alpha value is -2.95. The van der Waals surface area contributed by atoms with E-state index in [0.717, 1.165) is 33.7 Å². The number of nitrogens with one attached hydrogen (secondary N) is 1. The van der Waals surface area contributed by atoms with Gasteiger partial charge < -0.3 is 11.1 Å². The van der Waals surface area contributed by atoms with E-state index in [1.807, 2.05) is 30.5 Å². The van der Waals surface area contributed by atoms with Crippen molar-refractivity contribution in [3.8, 4) is 11.3 Å². The summed E-state index contributed by atoms with van der Waals surface area (Å²) in [6, 6.07) is 6.11. The second-order valence-corrected chi connectivity index (χ2v) is 6.53. The maximum Gasteiger partial charge on any atom is 0.150 e. The summed E-state index contributed by atoms with van der Waals surface area (Å²) in [4.78, 5) is 9.22. The monoisotopic (exact) mass is 315 g/mol. The smallest absolute Gasteiger partial charge is 0.150 e. The summed E-state index contributed by atoms with van der Waals surface area (Å²) < 4.78 is 2.10. The highest BCUT2D eigenvalue weighted by Gasteiger charge is 2.27. The molecule has 5 heteroatoms. The number of allylic oxidation sites excluding steroid dienone is 1. The van der Waals surface area contributed by atoms with Crippen LogP contribution < -0.4 is 5.73 Å². The lowest BCUT2D eigenvalue weighted by atomic mass is 9.85. The standard InChI is InChI=1S/C19H17N5/c20-15-7-5-12-10-13(4-6-14(12)15)16-17-18(21)22-8-9-24(17)19(23-16)11-2-1-3-11/h4-11,20H,1-3H2,(H2,21,22). The van der Waals surface area contributed by atoms with E-state index < -0.39 is 0 Å². The molecule has 2 aromatic heterocycles. The van der Waals surface area contributed by atoms with Gasteiger partial charge in [0.15, 0.2) is 0 Å². The number of hydrogen-bond acceptors (Lipinski definition) is 4. The normalized spacial score (nSPS) is 16.6. The van der Waals surface area contributed by atoms with Crippen molar-refractivity contribution in [3.63, 3.8) is 0 Å². The summed E-state index contributed by atoms with van der Waals surface area (Å²) in [6.45, 7) is 0. The fourth-order valence-corrected chi connectivity index (χ4v) is 3.60. The molecule has 24 heavy (non-hydrogen) atoms. The van der Waals surface area contributed by atoms with Crippen LogP contribution in [-0.4, -0.2) is 20.1 Å². The van der Waals surface area contributed by atoms with Gasteiger partial charge in [0.2, 0.25) is 0 Å². The molecule has 0 spiro atoms. The van der Waals surface area contributed by atoms with Gasteiger partial charge in [-0.2, -0.15) is 0 Å². The summed E-state index contributed by atoms with van der Waals surface area (Å²) in [5, 5.41) is 7.93. The highest BCUT2D eigenvalue weighted by molar-refractivity contribution is 6.15. The van der Waals surface area contributed by atoms with E-state index in [2.05, 4.69) is 15.5 Å². The van der Waals surface area contributed by atoms with Gasteiger partial charge >= 0.3 is 0 Å². The Balaban J connectivity index is 1.75. The van der Waals surface area contributed by atoms with Crippen molar-refractivity contribution < 1.29 is 0 Å². The predicted molar refractivity (Wildman–Crippen MR) is 95.3 cm³/mol. The first-order valence-corrected chi connectivity index (χ1v) is 8.26. The number of nitrogen functional groups attached to an aromatic ring is 1. The third kappa shape index (κ3) is 1.78. The van der Waals surface area contributed by atoms with Crippen LogP contribution in [0.5, 0.6) is 0 Å². The van der Waals surface area contributed by atoms with E-state index in [9.17, 15) is 0 Å². The zero-order valence-electron chi connectivity index (χ0n) is 13.2. The molecule has 3 N–H and O–H groups in total. The largest absolute Gasteiger partial charge is 0.382 e. The van der Waals surface area contributed by atoms with E-state index in [0.29, 0.717) is 17.4 Å². The van der Waals surface area contributed by atoms with Crippen molar-refractivity contribution in [1.29, 1.82) is 5.41 Å². The van der Waals surface area contributed by atoms with Crippen molar-refractivity contribution in [1.82, 2.24) is 14.4 Å². The average Bonchev–Trinajstić information content (AvgIpc) is 3.09. The summed E-state index contributed by atoms with van der Waals surface area (Å²) in [5.41, 5.74) is 11.6. The molecule has 2 heterocycles. The summed E-state index contributed by atoms with van der Waals surface area (Å²) in [7, 11) is 0. The Morgan fingerprint density at radius 2 is 2.08 bits per heavy atom. The quantitative estimate of drug-likeness (QED) is 0.757. The molecule has 5 rings (SSSR count). The number of anilines is 1. The van der Waals surface area contributed by atoms with Crippen molar-refractivity contribution in [3.05, 3.63) is 53.6 Å². The van der Waals surface area contributed by atoms with Crippen LogP contribution in [0.15, 0.2) is 36.7 Å². The molecule has 0 aliphatic heterocycles. The Labute approximate surface area is 139 Å². The first-order valence-electron chi connectivity index (χ1n) is 8.26. The van der Waals surface area contributed by atoms with Gasteiger partial charge in [0, 0.05) is 29.4 Å². The van der Waals surface area contributed by atoms with Gasteiger partial charge in [-0.1, -0.05) is 24.6 Å². The lowest BCUT2D eigenvalue weighted by molar-refractivity contribution is 0.400. The first-order chi connectivity index (χ1) is 11.7. The van der Waals surface area contributed by atoms with Crippen molar-refractivity contribution >= 4 is 23.1 Å². The second-order valence-electron chi connectivity index (χ2n) is 6.53. The lowest BCUT2D eigenvalue weighted by Gasteiger charge is -2.23. The maximum absolute atomic E-state index is 7.93. The highest BCUT2D eigenvalue weighted by atomic mass is 15.1. The molecule has 0 bridgehead atoms. The number of benzene rings is 1. The molecule has 0 radical (unpaired) electrons. The number of aromatic nitrogens is 3. The fraction of sp³-hybridized carbons (Fsp3) is 0.211. The number of fused-ring (bicyclic) bond motifs is 2. The second kappa shape index (κ2) is 4.77. The third-order valence-electron chi connectivity index (χ3n) is 5.13. The minimum absolute atomic E-state index is 0.509. The Morgan fingerprint density at radius 3 is 2.88 bits per heavy atom. The van der Waals surface area contributed by atoms with Crippen LogP contribution in [0.4, 0.5) is 5.82 Å². The van der Waals surface area contributed by atoms with Gasteiger partial charge in [0.25, 0.3) is 0 Å². The summed E-state index contributed by atoms with van der Waals surface area (Å²) in [5.74, 6) is 2.11. The summed E-state index contributed by atoms with van der Waals surface area (Å²) in [6.07, 6.45) is 11.1. The molecule has 0 unspecified atom stereocenters. The molecule has 0 saturated heterocycles. The Bertz CT molecular complexity index is 1020. The van der Waals surface area contributed by atoms with Gasteiger partial charge in [-0.3, -0.25) is 4.40 Å². The van der Waals surface area contributed by atoms with E-state index >= 15 is 0 Å². The molecule has 3 aromatic rings. The molecule has 1 fully saturated rings. The SMILES string of the molecule is N=C1C=Cc2cc(-c3nc(C4CCC4)n4ccnc(N)c34)ccc21. The minimum atomic E-state index is 0.509. The zero-order valence-corrected chi connectivity index (χ0v) is 13.2. The molecular weight excluding hydrogens is 298 g/mol. The maximum atomic E-state index is 7.93. The minimum Gasteiger partial charge on any atom is -0.382 e. The van der Waals surface area contributed by atoms with Gasteiger partial charge in [-0.25, -0.2) is 9.97 Å². The molecule has 118 valence electrons. The van der Waals surface area contributed by atoms with Crippen LogP contribution in [0.3, 0.4) is 0 Å². The fourth-order valence-electron chi connectivity index (χ4n) is 3.60. The molecule has 0 atom stereocenters. The van der Waals surface area contributed by atoms with Crippen molar-refractivity contribution in [2.45, 2.75) is 25.2 Å². The average molecular weight is 315 g/mol.